The molecule has 0 atom stereocenters. The van der Waals surface area contributed by atoms with Crippen LogP contribution in [0.5, 0.6) is 5.75 Å². The molecule has 1 amide bonds. The number of carbonyl (C=O) groups is 1. The number of hydrogen-bond acceptors (Lipinski definition) is 8. The van der Waals surface area contributed by atoms with Gasteiger partial charge in [-0.2, -0.15) is 0 Å². The molecule has 0 unspecified atom stereocenters. The summed E-state index contributed by atoms with van der Waals surface area (Å²) in [4.78, 5) is 27.6. The van der Waals surface area contributed by atoms with Crippen molar-refractivity contribution in [2.45, 2.75) is 19.9 Å². The molecule has 0 radical (unpaired) electrons. The number of nitrogens with zero attached hydrogens (tertiary/aromatic N) is 5. The second-order valence-electron chi connectivity index (χ2n) is 11.1. The van der Waals surface area contributed by atoms with Crippen molar-refractivity contribution in [1.29, 1.82) is 0 Å². The van der Waals surface area contributed by atoms with Crippen LogP contribution in [0.2, 0.25) is 0 Å². The third kappa shape index (κ3) is 9.01. The van der Waals surface area contributed by atoms with Gasteiger partial charge in [-0.05, 0) is 74.6 Å². The SMILES string of the molecule is CC(=O)Nc1ccc(-c2ccnc(Nc3cccc(N4CCN(Cc5ccc(OCCCN(C)C)cc5)CC4)c3)n2)cc1. The van der Waals surface area contributed by atoms with E-state index in [2.05, 4.69) is 86.9 Å². The van der Waals surface area contributed by atoms with Crippen molar-refractivity contribution in [1.82, 2.24) is 19.8 Å². The van der Waals surface area contributed by atoms with Crippen LogP contribution in [0.3, 0.4) is 0 Å². The van der Waals surface area contributed by atoms with Gasteiger partial charge in [-0.3, -0.25) is 9.69 Å². The zero-order valence-electron chi connectivity index (χ0n) is 25.3. The van der Waals surface area contributed by atoms with E-state index in [-0.39, 0.29) is 5.91 Å². The van der Waals surface area contributed by atoms with Gasteiger partial charge in [-0.1, -0.05) is 30.3 Å². The van der Waals surface area contributed by atoms with Crippen molar-refractivity contribution >= 4 is 28.9 Å². The van der Waals surface area contributed by atoms with Gasteiger partial charge in [0, 0.05) is 75.0 Å². The molecule has 0 spiro atoms. The molecule has 5 rings (SSSR count). The van der Waals surface area contributed by atoms with E-state index in [0.717, 1.165) is 80.7 Å². The predicted molar refractivity (Wildman–Crippen MR) is 174 cm³/mol. The maximum atomic E-state index is 11.3. The maximum Gasteiger partial charge on any atom is 0.227 e. The Labute approximate surface area is 254 Å². The minimum Gasteiger partial charge on any atom is -0.494 e. The van der Waals surface area contributed by atoms with Gasteiger partial charge in [0.25, 0.3) is 0 Å². The van der Waals surface area contributed by atoms with Crippen LogP contribution in [-0.2, 0) is 11.3 Å². The van der Waals surface area contributed by atoms with E-state index < -0.39 is 0 Å². The molecule has 0 saturated carbocycles. The normalized spacial score (nSPS) is 13.6. The van der Waals surface area contributed by atoms with Gasteiger partial charge in [-0.25, -0.2) is 9.97 Å². The fraction of sp³-hybridized carbons (Fsp3) is 0.324. The van der Waals surface area contributed by atoms with Crippen molar-refractivity contribution in [3.63, 3.8) is 0 Å². The van der Waals surface area contributed by atoms with Crippen LogP contribution < -0.4 is 20.3 Å². The molecule has 224 valence electrons. The number of anilines is 4. The highest BCUT2D eigenvalue weighted by Gasteiger charge is 2.18. The molecule has 2 heterocycles. The van der Waals surface area contributed by atoms with Gasteiger partial charge in [0.2, 0.25) is 11.9 Å². The number of ether oxygens (including phenoxy) is 1. The van der Waals surface area contributed by atoms with Gasteiger partial charge in [0.05, 0.1) is 12.3 Å². The Bertz CT molecular complexity index is 1470. The zero-order valence-corrected chi connectivity index (χ0v) is 25.3. The topological polar surface area (TPSA) is 85.9 Å². The summed E-state index contributed by atoms with van der Waals surface area (Å²) in [7, 11) is 4.17. The van der Waals surface area contributed by atoms with Crippen LogP contribution in [0.1, 0.15) is 18.9 Å². The van der Waals surface area contributed by atoms with Crippen LogP contribution >= 0.6 is 0 Å². The quantitative estimate of drug-likeness (QED) is 0.213. The summed E-state index contributed by atoms with van der Waals surface area (Å²) in [6, 6.07) is 26.5. The van der Waals surface area contributed by atoms with Crippen molar-refractivity contribution < 1.29 is 9.53 Å². The molecule has 43 heavy (non-hydrogen) atoms. The average Bonchev–Trinajstić information content (AvgIpc) is 3.01. The summed E-state index contributed by atoms with van der Waals surface area (Å²) in [6.07, 6.45) is 2.78. The van der Waals surface area contributed by atoms with Crippen LogP contribution in [0.25, 0.3) is 11.3 Å². The number of rotatable bonds is 12. The third-order valence-electron chi connectivity index (χ3n) is 7.34. The molecule has 0 bridgehead atoms. The van der Waals surface area contributed by atoms with Crippen molar-refractivity contribution in [3.8, 4) is 17.0 Å². The number of amides is 1. The number of carbonyl (C=O) groups excluding carboxylic acids is 1. The van der Waals surface area contributed by atoms with Gasteiger partial charge in [0.1, 0.15) is 5.75 Å². The van der Waals surface area contributed by atoms with E-state index in [1.54, 1.807) is 6.20 Å². The molecule has 9 nitrogen and oxygen atoms in total. The molecule has 9 heteroatoms. The molecule has 1 fully saturated rings. The number of aromatic nitrogens is 2. The zero-order chi connectivity index (χ0) is 30.0. The van der Waals surface area contributed by atoms with E-state index in [1.165, 1.54) is 18.2 Å². The van der Waals surface area contributed by atoms with Gasteiger partial charge < -0.3 is 25.2 Å². The molecule has 3 aromatic carbocycles. The number of hydrogen-bond donors (Lipinski definition) is 2. The van der Waals surface area contributed by atoms with Gasteiger partial charge >= 0.3 is 0 Å². The standard InChI is InChI=1S/C34H41N7O2/c1-26(42)36-29-12-10-28(11-13-29)33-16-17-35-34(38-33)37-30-6-4-7-31(24-30)41-21-19-40(20-22-41)25-27-8-14-32(15-9-27)43-23-5-18-39(2)3/h4,6-17,24H,5,18-23,25H2,1-3H3,(H,36,42)(H,35,37,38). The first-order chi connectivity index (χ1) is 20.9. The van der Waals surface area contributed by atoms with Crippen LogP contribution in [0.4, 0.5) is 23.0 Å². The Morgan fingerprint density at radius 1 is 0.930 bits per heavy atom. The number of benzene rings is 3. The lowest BCUT2D eigenvalue weighted by Gasteiger charge is -2.36. The van der Waals surface area contributed by atoms with E-state index in [0.29, 0.717) is 5.95 Å². The maximum absolute atomic E-state index is 11.3. The van der Waals surface area contributed by atoms with Crippen LogP contribution in [0, 0.1) is 0 Å². The molecule has 1 aromatic heterocycles. The molecule has 1 saturated heterocycles. The van der Waals surface area contributed by atoms with Crippen molar-refractivity contribution in [2.24, 2.45) is 0 Å². The molecule has 4 aromatic rings. The summed E-state index contributed by atoms with van der Waals surface area (Å²) in [6.45, 7) is 8.17. The van der Waals surface area contributed by atoms with Gasteiger partial charge in [-0.15, -0.1) is 0 Å². The minimum absolute atomic E-state index is 0.0935. The Balaban J connectivity index is 1.12. The summed E-state index contributed by atoms with van der Waals surface area (Å²) in [5.41, 5.74) is 5.96. The second kappa shape index (κ2) is 14.6. The fourth-order valence-corrected chi connectivity index (χ4v) is 5.10. The van der Waals surface area contributed by atoms with Crippen LogP contribution in [0.15, 0.2) is 85.1 Å². The molecular formula is C34H41N7O2. The van der Waals surface area contributed by atoms with E-state index in [4.69, 9.17) is 9.72 Å². The van der Waals surface area contributed by atoms with E-state index in [9.17, 15) is 4.79 Å². The largest absolute Gasteiger partial charge is 0.494 e. The number of piperazine rings is 1. The molecule has 1 aliphatic heterocycles. The molecular weight excluding hydrogens is 538 g/mol. The van der Waals surface area contributed by atoms with Crippen molar-refractivity contribution in [3.05, 3.63) is 90.6 Å². The van der Waals surface area contributed by atoms with Crippen molar-refractivity contribution in [2.75, 3.05) is 69.0 Å². The highest BCUT2D eigenvalue weighted by Crippen LogP contribution is 2.25. The molecule has 2 N–H and O–H groups in total. The monoisotopic (exact) mass is 579 g/mol. The predicted octanol–water partition coefficient (Wildman–Crippen LogP) is 5.50. The lowest BCUT2D eigenvalue weighted by atomic mass is 10.1. The first-order valence-electron chi connectivity index (χ1n) is 14.8. The lowest BCUT2D eigenvalue weighted by Crippen LogP contribution is -2.45. The molecule has 0 aliphatic carbocycles. The third-order valence-corrected chi connectivity index (χ3v) is 7.34. The highest BCUT2D eigenvalue weighted by molar-refractivity contribution is 5.88. The fourth-order valence-electron chi connectivity index (χ4n) is 5.10. The van der Waals surface area contributed by atoms with Gasteiger partial charge in [0.15, 0.2) is 0 Å². The lowest BCUT2D eigenvalue weighted by molar-refractivity contribution is -0.114. The van der Waals surface area contributed by atoms with E-state index in [1.807, 2.05) is 36.4 Å². The Hall–Kier alpha value is -4.47. The second-order valence-corrected chi connectivity index (χ2v) is 11.1. The highest BCUT2D eigenvalue weighted by atomic mass is 16.5. The minimum atomic E-state index is -0.0935. The smallest absolute Gasteiger partial charge is 0.227 e. The summed E-state index contributed by atoms with van der Waals surface area (Å²) in [5.74, 6) is 1.38. The summed E-state index contributed by atoms with van der Waals surface area (Å²) in [5, 5.41) is 6.16. The molecule has 1 aliphatic rings. The summed E-state index contributed by atoms with van der Waals surface area (Å²) < 4.78 is 5.88. The average molecular weight is 580 g/mol. The summed E-state index contributed by atoms with van der Waals surface area (Å²) >= 11 is 0. The Morgan fingerprint density at radius 3 is 2.42 bits per heavy atom. The number of nitrogens with one attached hydrogen (secondary N) is 2. The Morgan fingerprint density at radius 2 is 1.70 bits per heavy atom. The van der Waals surface area contributed by atoms with E-state index >= 15 is 0 Å². The van der Waals surface area contributed by atoms with Crippen LogP contribution in [-0.4, -0.2) is 79.1 Å². The Kier molecular flexibility index (Phi) is 10.2. The first-order valence-corrected chi connectivity index (χ1v) is 14.8. The first kappa shape index (κ1) is 30.0.